The van der Waals surface area contributed by atoms with Gasteiger partial charge in [0.2, 0.25) is 5.91 Å². The third-order valence-corrected chi connectivity index (χ3v) is 4.29. The lowest BCUT2D eigenvalue weighted by molar-refractivity contribution is -0.125. The number of benzene rings is 2. The smallest absolute Gasteiger partial charge is 0.246 e. The molecule has 0 heterocycles. The Balaban J connectivity index is 1.89. The number of rotatable bonds is 9. The predicted molar refractivity (Wildman–Crippen MR) is 110 cm³/mol. The van der Waals surface area contributed by atoms with Crippen LogP contribution in [0.1, 0.15) is 5.56 Å². The summed E-state index contributed by atoms with van der Waals surface area (Å²) in [5.74, 6) is 2.30. The second kappa shape index (κ2) is 10.5. The van der Waals surface area contributed by atoms with Crippen LogP contribution >= 0.6 is 11.6 Å². The van der Waals surface area contributed by atoms with Crippen LogP contribution in [0, 0.1) is 0 Å². The van der Waals surface area contributed by atoms with E-state index in [1.165, 1.54) is 20.3 Å². The molecule has 2 aromatic rings. The minimum atomic E-state index is -0.149. The van der Waals surface area contributed by atoms with Crippen LogP contribution in [0.2, 0.25) is 5.02 Å². The van der Waals surface area contributed by atoms with Gasteiger partial charge in [0.05, 0.1) is 32.9 Å². The van der Waals surface area contributed by atoms with Gasteiger partial charge in [0, 0.05) is 13.1 Å². The molecule has 2 rings (SSSR count). The maximum absolute atomic E-state index is 12.3. The molecule has 0 spiro atoms. The summed E-state index contributed by atoms with van der Waals surface area (Å²) in [4.78, 5) is 13.9. The second-order valence-electron chi connectivity index (χ2n) is 5.86. The van der Waals surface area contributed by atoms with Crippen LogP contribution in [0.25, 0.3) is 6.08 Å². The van der Waals surface area contributed by atoms with E-state index in [1.807, 2.05) is 24.3 Å². The largest absolute Gasteiger partial charge is 0.497 e. The van der Waals surface area contributed by atoms with Crippen molar-refractivity contribution in [3.05, 3.63) is 53.1 Å². The third kappa shape index (κ3) is 5.82. The van der Waals surface area contributed by atoms with Crippen molar-refractivity contribution >= 4 is 23.6 Å². The number of likely N-dealkylation sites (N-methyl/N-ethyl adjacent to an activating group) is 1. The number of halogens is 1. The lowest BCUT2D eigenvalue weighted by atomic mass is 10.2. The number of amides is 1. The first-order valence-electron chi connectivity index (χ1n) is 8.60. The van der Waals surface area contributed by atoms with Gasteiger partial charge >= 0.3 is 0 Å². The number of nitrogens with zero attached hydrogens (tertiary/aromatic N) is 1. The number of carbonyl (C=O) groups is 1. The van der Waals surface area contributed by atoms with Crippen LogP contribution in [0.4, 0.5) is 0 Å². The molecule has 0 aliphatic heterocycles. The van der Waals surface area contributed by atoms with Gasteiger partial charge in [0.1, 0.15) is 18.1 Å². The van der Waals surface area contributed by atoms with Crippen LogP contribution in [-0.2, 0) is 4.79 Å². The van der Waals surface area contributed by atoms with E-state index in [1.54, 1.807) is 37.3 Å². The third-order valence-electron chi connectivity index (χ3n) is 4.01. The number of carbonyl (C=O) groups excluding carboxylic acids is 1. The molecule has 6 nitrogen and oxygen atoms in total. The maximum atomic E-state index is 12.3. The Bertz CT molecular complexity index is 820. The van der Waals surface area contributed by atoms with E-state index < -0.39 is 0 Å². The van der Waals surface area contributed by atoms with Crippen LogP contribution in [0.5, 0.6) is 23.0 Å². The molecule has 0 radical (unpaired) electrons. The summed E-state index contributed by atoms with van der Waals surface area (Å²) in [6.07, 6.45) is 3.15. The molecule has 0 aliphatic carbocycles. The highest BCUT2D eigenvalue weighted by Gasteiger charge is 2.10. The molecule has 0 aromatic heterocycles. The topological polar surface area (TPSA) is 57.2 Å². The Kier molecular flexibility index (Phi) is 8.02. The minimum Gasteiger partial charge on any atom is -0.497 e. The molecule has 0 saturated carbocycles. The fourth-order valence-electron chi connectivity index (χ4n) is 2.41. The first-order chi connectivity index (χ1) is 13.5. The number of hydrogen-bond acceptors (Lipinski definition) is 5. The Morgan fingerprint density at radius 2 is 1.71 bits per heavy atom. The standard InChI is InChI=1S/C21H24ClNO5/c1-23(11-12-28-17-8-6-16(25-2)7-9-17)20(24)10-5-15-13-18(22)21(27-4)19(14-15)26-3/h5-10,13-14H,11-12H2,1-4H3/b10-5+. The highest BCUT2D eigenvalue weighted by atomic mass is 35.5. The summed E-state index contributed by atoms with van der Waals surface area (Å²) < 4.78 is 21.2. The first-order valence-corrected chi connectivity index (χ1v) is 8.97. The lowest BCUT2D eigenvalue weighted by Crippen LogP contribution is -2.29. The average Bonchev–Trinajstić information content (AvgIpc) is 2.71. The van der Waals surface area contributed by atoms with Crippen LogP contribution < -0.4 is 18.9 Å². The van der Waals surface area contributed by atoms with Crippen molar-refractivity contribution in [1.82, 2.24) is 4.90 Å². The van der Waals surface area contributed by atoms with Crippen molar-refractivity contribution in [3.63, 3.8) is 0 Å². The molecular weight excluding hydrogens is 382 g/mol. The number of ether oxygens (including phenoxy) is 4. The van der Waals surface area contributed by atoms with Gasteiger partial charge in [0.25, 0.3) is 0 Å². The van der Waals surface area contributed by atoms with Crippen LogP contribution in [-0.4, -0.2) is 52.3 Å². The van der Waals surface area contributed by atoms with E-state index in [-0.39, 0.29) is 5.91 Å². The van der Waals surface area contributed by atoms with E-state index in [4.69, 9.17) is 30.5 Å². The highest BCUT2D eigenvalue weighted by molar-refractivity contribution is 6.32. The molecule has 0 unspecified atom stereocenters. The van der Waals surface area contributed by atoms with Crippen molar-refractivity contribution in [2.45, 2.75) is 0 Å². The van der Waals surface area contributed by atoms with Gasteiger partial charge in [-0.3, -0.25) is 4.79 Å². The summed E-state index contributed by atoms with van der Waals surface area (Å²) in [5.41, 5.74) is 0.735. The quantitative estimate of drug-likeness (QED) is 0.592. The zero-order valence-corrected chi connectivity index (χ0v) is 17.2. The second-order valence-corrected chi connectivity index (χ2v) is 6.26. The lowest BCUT2D eigenvalue weighted by Gasteiger charge is -2.16. The van der Waals surface area contributed by atoms with Crippen molar-refractivity contribution in [2.75, 3.05) is 41.5 Å². The van der Waals surface area contributed by atoms with E-state index >= 15 is 0 Å². The summed E-state index contributed by atoms with van der Waals surface area (Å²) >= 11 is 6.18. The number of methoxy groups -OCH3 is 3. The molecule has 1 amide bonds. The Hall–Kier alpha value is -2.86. The molecule has 150 valence electrons. The van der Waals surface area contributed by atoms with Crippen molar-refractivity contribution in [2.24, 2.45) is 0 Å². The van der Waals surface area contributed by atoms with Crippen molar-refractivity contribution < 1.29 is 23.7 Å². The summed E-state index contributed by atoms with van der Waals surface area (Å²) in [6.45, 7) is 0.826. The molecule has 0 aliphatic rings. The van der Waals surface area contributed by atoms with Gasteiger partial charge in [-0.15, -0.1) is 0 Å². The molecule has 0 fully saturated rings. The zero-order chi connectivity index (χ0) is 20.5. The molecule has 2 aromatic carbocycles. The fraction of sp³-hybridized carbons (Fsp3) is 0.286. The molecule has 0 atom stereocenters. The van der Waals surface area contributed by atoms with Gasteiger partial charge in [-0.05, 0) is 48.0 Å². The molecular formula is C21H24ClNO5. The first kappa shape index (κ1) is 21.4. The predicted octanol–water partition coefficient (Wildman–Crippen LogP) is 3.92. The SMILES string of the molecule is COc1ccc(OCCN(C)C(=O)/C=C/c2cc(Cl)c(OC)c(OC)c2)cc1. The molecule has 28 heavy (non-hydrogen) atoms. The van der Waals surface area contributed by atoms with Gasteiger partial charge in [-0.25, -0.2) is 0 Å². The Labute approximate surface area is 170 Å². The summed E-state index contributed by atoms with van der Waals surface area (Å²) in [7, 11) is 6.38. The molecule has 7 heteroatoms. The molecule has 0 N–H and O–H groups in total. The summed E-state index contributed by atoms with van der Waals surface area (Å²) in [5, 5.41) is 0.412. The molecule has 0 bridgehead atoms. The normalized spacial score (nSPS) is 10.6. The number of hydrogen-bond donors (Lipinski definition) is 0. The molecule has 0 saturated heterocycles. The van der Waals surface area contributed by atoms with Gasteiger partial charge in [0.15, 0.2) is 11.5 Å². The highest BCUT2D eigenvalue weighted by Crippen LogP contribution is 2.36. The van der Waals surface area contributed by atoms with Crippen LogP contribution in [0.3, 0.4) is 0 Å². The Morgan fingerprint density at radius 3 is 2.32 bits per heavy atom. The zero-order valence-electron chi connectivity index (χ0n) is 16.4. The summed E-state index contributed by atoms with van der Waals surface area (Å²) in [6, 6.07) is 10.7. The van der Waals surface area contributed by atoms with Gasteiger partial charge in [-0.1, -0.05) is 11.6 Å². The van der Waals surface area contributed by atoms with Gasteiger partial charge < -0.3 is 23.8 Å². The van der Waals surface area contributed by atoms with Crippen molar-refractivity contribution in [3.8, 4) is 23.0 Å². The van der Waals surface area contributed by atoms with E-state index in [0.717, 1.165) is 17.1 Å². The average molecular weight is 406 g/mol. The van der Waals surface area contributed by atoms with E-state index in [9.17, 15) is 4.79 Å². The Morgan fingerprint density at radius 1 is 1.04 bits per heavy atom. The van der Waals surface area contributed by atoms with E-state index in [2.05, 4.69) is 0 Å². The monoisotopic (exact) mass is 405 g/mol. The van der Waals surface area contributed by atoms with Crippen LogP contribution in [0.15, 0.2) is 42.5 Å². The minimum absolute atomic E-state index is 0.149. The maximum Gasteiger partial charge on any atom is 0.246 e. The van der Waals surface area contributed by atoms with E-state index in [0.29, 0.717) is 29.7 Å². The van der Waals surface area contributed by atoms with Crippen molar-refractivity contribution in [1.29, 1.82) is 0 Å². The van der Waals surface area contributed by atoms with Gasteiger partial charge in [-0.2, -0.15) is 0 Å². The fourth-order valence-corrected chi connectivity index (χ4v) is 2.71.